The maximum absolute atomic E-state index is 12.8. The number of aromatic nitrogens is 3. The summed E-state index contributed by atoms with van der Waals surface area (Å²) in [6.07, 6.45) is 7.32. The summed E-state index contributed by atoms with van der Waals surface area (Å²) in [5.41, 5.74) is 0.494. The highest BCUT2D eigenvalue weighted by Crippen LogP contribution is 2.26. The molecule has 4 heterocycles. The first-order valence-corrected chi connectivity index (χ1v) is 8.47. The van der Waals surface area contributed by atoms with E-state index >= 15 is 0 Å². The summed E-state index contributed by atoms with van der Waals surface area (Å²) >= 11 is 1.43. The lowest BCUT2D eigenvalue weighted by molar-refractivity contribution is 0.0716. The number of thiazole rings is 1. The van der Waals surface area contributed by atoms with Crippen LogP contribution in [0.15, 0.2) is 46.7 Å². The number of likely N-dealkylation sites (tertiary alicyclic amines) is 1. The molecular weight excluding hydrogens is 312 g/mol. The highest BCUT2D eigenvalue weighted by Gasteiger charge is 2.31. The van der Waals surface area contributed by atoms with Crippen molar-refractivity contribution in [2.45, 2.75) is 25.4 Å². The van der Waals surface area contributed by atoms with Gasteiger partial charge in [0.15, 0.2) is 10.8 Å². The van der Waals surface area contributed by atoms with Crippen molar-refractivity contribution in [1.29, 1.82) is 0 Å². The van der Waals surface area contributed by atoms with Crippen LogP contribution in [-0.2, 0) is 6.54 Å². The minimum atomic E-state index is -0.00582. The Morgan fingerprint density at radius 2 is 2.39 bits per heavy atom. The molecule has 0 aromatic carbocycles. The van der Waals surface area contributed by atoms with Gasteiger partial charge >= 0.3 is 0 Å². The summed E-state index contributed by atoms with van der Waals surface area (Å²) in [6.45, 7) is 1.51. The Hall–Kier alpha value is -2.41. The van der Waals surface area contributed by atoms with E-state index in [4.69, 9.17) is 4.42 Å². The van der Waals surface area contributed by atoms with Crippen LogP contribution in [0.25, 0.3) is 10.8 Å². The molecule has 3 aromatic heterocycles. The molecule has 6 nitrogen and oxygen atoms in total. The summed E-state index contributed by atoms with van der Waals surface area (Å²) in [5, 5.41) is 6.78. The number of rotatable bonds is 4. The smallest absolute Gasteiger partial charge is 0.273 e. The molecule has 118 valence electrons. The fraction of sp³-hybridized carbons (Fsp3) is 0.312. The Bertz CT molecular complexity index is 779. The van der Waals surface area contributed by atoms with Crippen LogP contribution >= 0.6 is 11.3 Å². The van der Waals surface area contributed by atoms with E-state index in [2.05, 4.69) is 10.1 Å². The first kappa shape index (κ1) is 14.2. The lowest BCUT2D eigenvalue weighted by atomic mass is 10.2. The van der Waals surface area contributed by atoms with Gasteiger partial charge in [0.05, 0.1) is 18.8 Å². The van der Waals surface area contributed by atoms with Gasteiger partial charge in [0.2, 0.25) is 0 Å². The minimum absolute atomic E-state index is 0.00582. The third-order valence-corrected chi connectivity index (χ3v) is 4.91. The zero-order chi connectivity index (χ0) is 15.6. The second-order valence-electron chi connectivity index (χ2n) is 5.54. The van der Waals surface area contributed by atoms with Gasteiger partial charge in [0, 0.05) is 24.3 Å². The third-order valence-electron chi connectivity index (χ3n) is 4.05. The molecule has 0 N–H and O–H groups in total. The molecule has 3 aromatic rings. The van der Waals surface area contributed by atoms with E-state index in [1.54, 1.807) is 12.5 Å². The molecule has 0 saturated carbocycles. The molecule has 0 bridgehead atoms. The lowest BCUT2D eigenvalue weighted by Gasteiger charge is -2.23. The second-order valence-corrected chi connectivity index (χ2v) is 6.40. The first-order valence-electron chi connectivity index (χ1n) is 7.59. The normalized spacial score (nSPS) is 17.7. The minimum Gasteiger partial charge on any atom is -0.462 e. The van der Waals surface area contributed by atoms with E-state index in [1.807, 2.05) is 39.4 Å². The van der Waals surface area contributed by atoms with Gasteiger partial charge in [-0.15, -0.1) is 11.3 Å². The van der Waals surface area contributed by atoms with Crippen LogP contribution in [0.3, 0.4) is 0 Å². The predicted molar refractivity (Wildman–Crippen MR) is 86.1 cm³/mol. The van der Waals surface area contributed by atoms with Crippen molar-refractivity contribution in [2.24, 2.45) is 0 Å². The van der Waals surface area contributed by atoms with Gasteiger partial charge < -0.3 is 9.32 Å². The molecule has 1 atom stereocenters. The Labute approximate surface area is 137 Å². The molecule has 1 saturated heterocycles. The van der Waals surface area contributed by atoms with Gasteiger partial charge in [0.25, 0.3) is 5.91 Å². The van der Waals surface area contributed by atoms with E-state index in [0.717, 1.165) is 30.9 Å². The van der Waals surface area contributed by atoms with Crippen LogP contribution in [0, 0.1) is 0 Å². The molecule has 0 aliphatic carbocycles. The monoisotopic (exact) mass is 328 g/mol. The quantitative estimate of drug-likeness (QED) is 0.739. The number of nitrogens with zero attached hydrogens (tertiary/aromatic N) is 4. The summed E-state index contributed by atoms with van der Waals surface area (Å²) in [7, 11) is 0. The maximum atomic E-state index is 12.8. The molecule has 1 aliphatic heterocycles. The fourth-order valence-electron chi connectivity index (χ4n) is 2.95. The third kappa shape index (κ3) is 2.79. The molecule has 0 spiro atoms. The van der Waals surface area contributed by atoms with Crippen molar-refractivity contribution in [3.8, 4) is 10.8 Å². The molecule has 1 amide bonds. The molecule has 23 heavy (non-hydrogen) atoms. The number of carbonyl (C=O) groups is 1. The zero-order valence-corrected chi connectivity index (χ0v) is 13.3. The van der Waals surface area contributed by atoms with Crippen LogP contribution in [0.1, 0.15) is 23.3 Å². The average molecular weight is 328 g/mol. The van der Waals surface area contributed by atoms with Crippen molar-refractivity contribution >= 4 is 17.2 Å². The fourth-order valence-corrected chi connectivity index (χ4v) is 3.71. The molecule has 4 rings (SSSR count). The standard InChI is InChI=1S/C16H16N4O2S/c21-16(13-11-23-15(18-13)14-5-2-9-22-14)20-8-1-4-12(20)10-19-7-3-6-17-19/h2-3,5-7,9,11-12H,1,4,8,10H2/t12-/m1/s1. The van der Waals surface area contributed by atoms with E-state index in [-0.39, 0.29) is 11.9 Å². The summed E-state index contributed by atoms with van der Waals surface area (Å²) < 4.78 is 7.22. The summed E-state index contributed by atoms with van der Waals surface area (Å²) in [5.74, 6) is 0.692. The van der Waals surface area contributed by atoms with Crippen LogP contribution in [0.5, 0.6) is 0 Å². The zero-order valence-electron chi connectivity index (χ0n) is 12.5. The van der Waals surface area contributed by atoms with E-state index in [0.29, 0.717) is 11.5 Å². The van der Waals surface area contributed by atoms with Gasteiger partial charge in [-0.3, -0.25) is 9.48 Å². The van der Waals surface area contributed by atoms with Crippen LogP contribution in [0.2, 0.25) is 0 Å². The molecule has 1 fully saturated rings. The number of amides is 1. The number of carbonyl (C=O) groups excluding carboxylic acids is 1. The first-order chi connectivity index (χ1) is 11.3. The highest BCUT2D eigenvalue weighted by molar-refractivity contribution is 7.13. The second kappa shape index (κ2) is 6.00. The van der Waals surface area contributed by atoms with Crippen LogP contribution < -0.4 is 0 Å². The van der Waals surface area contributed by atoms with E-state index in [9.17, 15) is 4.79 Å². The number of hydrogen-bond acceptors (Lipinski definition) is 5. The molecule has 0 unspecified atom stereocenters. The van der Waals surface area contributed by atoms with Crippen LogP contribution in [-0.4, -0.2) is 38.2 Å². The van der Waals surface area contributed by atoms with Gasteiger partial charge in [-0.2, -0.15) is 5.10 Å². The molecular formula is C16H16N4O2S. The summed E-state index contributed by atoms with van der Waals surface area (Å²) in [6, 6.07) is 5.75. The Morgan fingerprint density at radius 1 is 1.43 bits per heavy atom. The van der Waals surface area contributed by atoms with Crippen molar-refractivity contribution in [2.75, 3.05) is 6.54 Å². The van der Waals surface area contributed by atoms with Crippen molar-refractivity contribution in [3.05, 3.63) is 47.9 Å². The SMILES string of the molecule is O=C(c1csc(-c2ccco2)n1)N1CCC[C@@H]1Cn1cccn1. The van der Waals surface area contributed by atoms with E-state index in [1.165, 1.54) is 11.3 Å². The van der Waals surface area contributed by atoms with Crippen molar-refractivity contribution in [1.82, 2.24) is 19.7 Å². The van der Waals surface area contributed by atoms with E-state index < -0.39 is 0 Å². The number of furan rings is 1. The van der Waals surface area contributed by atoms with Crippen molar-refractivity contribution in [3.63, 3.8) is 0 Å². The van der Waals surface area contributed by atoms with Gasteiger partial charge in [-0.05, 0) is 31.0 Å². The van der Waals surface area contributed by atoms with Gasteiger partial charge in [-0.1, -0.05) is 0 Å². The largest absolute Gasteiger partial charge is 0.462 e. The maximum Gasteiger partial charge on any atom is 0.273 e. The summed E-state index contributed by atoms with van der Waals surface area (Å²) in [4.78, 5) is 19.1. The molecule has 7 heteroatoms. The Kier molecular flexibility index (Phi) is 3.70. The van der Waals surface area contributed by atoms with Gasteiger partial charge in [0.1, 0.15) is 5.69 Å². The predicted octanol–water partition coefficient (Wildman–Crippen LogP) is 2.90. The lowest BCUT2D eigenvalue weighted by Crippen LogP contribution is -2.38. The highest BCUT2D eigenvalue weighted by atomic mass is 32.1. The topological polar surface area (TPSA) is 64.2 Å². The Balaban J connectivity index is 1.51. The molecule has 0 radical (unpaired) electrons. The number of hydrogen-bond donors (Lipinski definition) is 0. The molecule has 1 aliphatic rings. The Morgan fingerprint density at radius 3 is 3.17 bits per heavy atom. The average Bonchev–Trinajstić information content (AvgIpc) is 3.33. The van der Waals surface area contributed by atoms with Gasteiger partial charge in [-0.25, -0.2) is 4.98 Å². The van der Waals surface area contributed by atoms with Crippen LogP contribution in [0.4, 0.5) is 0 Å². The van der Waals surface area contributed by atoms with Crippen molar-refractivity contribution < 1.29 is 9.21 Å².